The highest BCUT2D eigenvalue weighted by Gasteiger charge is 2.17. The molecule has 0 N–H and O–H groups in total. The third-order valence-corrected chi connectivity index (χ3v) is 3.57. The summed E-state index contributed by atoms with van der Waals surface area (Å²) in [4.78, 5) is 12.5. The van der Waals surface area contributed by atoms with E-state index in [-0.39, 0.29) is 5.78 Å². The fourth-order valence-electron chi connectivity index (χ4n) is 2.22. The predicted molar refractivity (Wildman–Crippen MR) is 80.3 cm³/mol. The SMILES string of the molecule is COc1ccc(C(=O)c2ccc(Br)o2)c2ccccc12. The van der Waals surface area contributed by atoms with Crippen molar-refractivity contribution in [1.29, 1.82) is 0 Å². The molecule has 3 rings (SSSR count). The van der Waals surface area contributed by atoms with Crippen molar-refractivity contribution >= 4 is 32.5 Å². The summed E-state index contributed by atoms with van der Waals surface area (Å²) in [5.41, 5.74) is 0.600. The molecule has 3 aromatic rings. The lowest BCUT2D eigenvalue weighted by Gasteiger charge is -2.08. The second kappa shape index (κ2) is 5.13. The standard InChI is InChI=1S/C16H11BrO3/c1-19-13-7-6-12(10-4-2-3-5-11(10)13)16(18)14-8-9-15(17)20-14/h2-9H,1H3. The van der Waals surface area contributed by atoms with Crippen LogP contribution in [0.3, 0.4) is 0 Å². The van der Waals surface area contributed by atoms with Crippen molar-refractivity contribution in [3.63, 3.8) is 0 Å². The number of ketones is 1. The Labute approximate surface area is 124 Å². The molecule has 1 aromatic heterocycles. The molecule has 0 amide bonds. The quantitative estimate of drug-likeness (QED) is 0.666. The molecular formula is C16H11BrO3. The van der Waals surface area contributed by atoms with Crippen LogP contribution in [-0.2, 0) is 0 Å². The van der Waals surface area contributed by atoms with Crippen LogP contribution < -0.4 is 4.74 Å². The first-order valence-electron chi connectivity index (χ1n) is 6.06. The van der Waals surface area contributed by atoms with E-state index in [4.69, 9.17) is 9.15 Å². The van der Waals surface area contributed by atoms with Gasteiger partial charge in [0.25, 0.3) is 0 Å². The Morgan fingerprint density at radius 3 is 2.45 bits per heavy atom. The molecule has 0 unspecified atom stereocenters. The van der Waals surface area contributed by atoms with Crippen LogP contribution in [0.2, 0.25) is 0 Å². The molecule has 0 atom stereocenters. The van der Waals surface area contributed by atoms with Gasteiger partial charge >= 0.3 is 0 Å². The maximum Gasteiger partial charge on any atom is 0.228 e. The largest absolute Gasteiger partial charge is 0.496 e. The van der Waals surface area contributed by atoms with Gasteiger partial charge in [-0.15, -0.1) is 0 Å². The Balaban J connectivity index is 2.20. The van der Waals surface area contributed by atoms with Crippen LogP contribution in [0.15, 0.2) is 57.6 Å². The minimum Gasteiger partial charge on any atom is -0.496 e. The van der Waals surface area contributed by atoms with E-state index in [2.05, 4.69) is 15.9 Å². The molecule has 0 fully saturated rings. The summed E-state index contributed by atoms with van der Waals surface area (Å²) in [6, 6.07) is 14.6. The second-order valence-corrected chi connectivity index (χ2v) is 5.08. The summed E-state index contributed by atoms with van der Waals surface area (Å²) in [5, 5.41) is 1.76. The van der Waals surface area contributed by atoms with Gasteiger partial charge in [0.05, 0.1) is 7.11 Å². The van der Waals surface area contributed by atoms with Crippen molar-refractivity contribution < 1.29 is 13.9 Å². The average molecular weight is 331 g/mol. The second-order valence-electron chi connectivity index (χ2n) is 4.29. The van der Waals surface area contributed by atoms with Crippen molar-refractivity contribution in [1.82, 2.24) is 0 Å². The van der Waals surface area contributed by atoms with Crippen molar-refractivity contribution in [3.05, 3.63) is 64.5 Å². The fraction of sp³-hybridized carbons (Fsp3) is 0.0625. The van der Waals surface area contributed by atoms with Gasteiger partial charge < -0.3 is 9.15 Å². The lowest BCUT2D eigenvalue weighted by atomic mass is 9.99. The smallest absolute Gasteiger partial charge is 0.228 e. The van der Waals surface area contributed by atoms with Gasteiger partial charge in [0.2, 0.25) is 5.78 Å². The molecule has 2 aromatic carbocycles. The van der Waals surface area contributed by atoms with Crippen molar-refractivity contribution in [2.24, 2.45) is 0 Å². The van der Waals surface area contributed by atoms with Crippen LogP contribution >= 0.6 is 15.9 Å². The minimum atomic E-state index is -0.144. The van der Waals surface area contributed by atoms with Gasteiger partial charge in [0.15, 0.2) is 10.4 Å². The predicted octanol–water partition coefficient (Wildman–Crippen LogP) is 4.43. The monoisotopic (exact) mass is 330 g/mol. The molecule has 0 aliphatic rings. The number of carbonyl (C=O) groups is 1. The Bertz CT molecular complexity index is 789. The number of fused-ring (bicyclic) bond motifs is 1. The normalized spacial score (nSPS) is 10.7. The number of rotatable bonds is 3. The van der Waals surface area contributed by atoms with Gasteiger partial charge in [-0.1, -0.05) is 24.3 Å². The highest BCUT2D eigenvalue weighted by molar-refractivity contribution is 9.10. The topological polar surface area (TPSA) is 39.4 Å². The van der Waals surface area contributed by atoms with Crippen molar-refractivity contribution in [2.75, 3.05) is 7.11 Å². The first kappa shape index (κ1) is 12.9. The van der Waals surface area contributed by atoms with E-state index < -0.39 is 0 Å². The zero-order valence-electron chi connectivity index (χ0n) is 10.7. The van der Waals surface area contributed by atoms with E-state index in [1.807, 2.05) is 24.3 Å². The molecule has 0 aliphatic heterocycles. The number of methoxy groups -OCH3 is 1. The van der Waals surface area contributed by atoms with Crippen molar-refractivity contribution in [2.45, 2.75) is 0 Å². The van der Waals surface area contributed by atoms with Crippen LogP contribution in [0, 0.1) is 0 Å². The van der Waals surface area contributed by atoms with Crippen LogP contribution in [0.5, 0.6) is 5.75 Å². The van der Waals surface area contributed by atoms with Gasteiger partial charge in [-0.3, -0.25) is 4.79 Å². The Kier molecular flexibility index (Phi) is 3.32. The van der Waals surface area contributed by atoms with Crippen LogP contribution in [0.25, 0.3) is 10.8 Å². The molecule has 0 spiro atoms. The summed E-state index contributed by atoms with van der Waals surface area (Å²) in [6.07, 6.45) is 0. The van der Waals surface area contributed by atoms with E-state index in [1.165, 1.54) is 0 Å². The first-order chi connectivity index (χ1) is 9.70. The molecule has 0 bridgehead atoms. The van der Waals surface area contributed by atoms with Crippen LogP contribution in [0.4, 0.5) is 0 Å². The van der Waals surface area contributed by atoms with Crippen LogP contribution in [0.1, 0.15) is 16.1 Å². The summed E-state index contributed by atoms with van der Waals surface area (Å²) in [7, 11) is 1.62. The van der Waals surface area contributed by atoms with E-state index in [0.717, 1.165) is 16.5 Å². The third kappa shape index (κ3) is 2.12. The molecule has 0 aliphatic carbocycles. The fourth-order valence-corrected chi connectivity index (χ4v) is 2.52. The lowest BCUT2D eigenvalue weighted by molar-refractivity contribution is 0.101. The molecule has 0 radical (unpaired) electrons. The number of halogens is 1. The summed E-state index contributed by atoms with van der Waals surface area (Å²) in [6.45, 7) is 0. The molecule has 100 valence electrons. The van der Waals surface area contributed by atoms with E-state index in [0.29, 0.717) is 16.0 Å². The molecule has 0 saturated carbocycles. The summed E-state index contributed by atoms with van der Waals surface area (Å²) < 4.78 is 11.2. The van der Waals surface area contributed by atoms with E-state index >= 15 is 0 Å². The maximum absolute atomic E-state index is 12.5. The Morgan fingerprint density at radius 1 is 1.05 bits per heavy atom. The summed E-state index contributed by atoms with van der Waals surface area (Å²) >= 11 is 3.21. The van der Waals surface area contributed by atoms with Gasteiger partial charge in [-0.05, 0) is 45.6 Å². The minimum absolute atomic E-state index is 0.144. The van der Waals surface area contributed by atoms with E-state index in [9.17, 15) is 4.79 Å². The molecule has 0 saturated heterocycles. The lowest BCUT2D eigenvalue weighted by Crippen LogP contribution is -2.01. The molecule has 1 heterocycles. The number of benzene rings is 2. The first-order valence-corrected chi connectivity index (χ1v) is 6.86. The number of carbonyl (C=O) groups excluding carboxylic acids is 1. The number of hydrogen-bond donors (Lipinski definition) is 0. The van der Waals surface area contributed by atoms with E-state index in [1.54, 1.807) is 31.4 Å². The highest BCUT2D eigenvalue weighted by atomic mass is 79.9. The van der Waals surface area contributed by atoms with Gasteiger partial charge in [-0.2, -0.15) is 0 Å². The number of furan rings is 1. The zero-order chi connectivity index (χ0) is 14.1. The van der Waals surface area contributed by atoms with Crippen LogP contribution in [-0.4, -0.2) is 12.9 Å². The summed E-state index contributed by atoms with van der Waals surface area (Å²) in [5.74, 6) is 0.916. The zero-order valence-corrected chi connectivity index (χ0v) is 12.3. The average Bonchev–Trinajstić information content (AvgIpc) is 2.92. The molecular weight excluding hydrogens is 320 g/mol. The Morgan fingerprint density at radius 2 is 1.80 bits per heavy atom. The molecule has 4 heteroatoms. The highest BCUT2D eigenvalue weighted by Crippen LogP contribution is 2.30. The number of hydrogen-bond acceptors (Lipinski definition) is 3. The molecule has 3 nitrogen and oxygen atoms in total. The van der Waals surface area contributed by atoms with Gasteiger partial charge in [-0.25, -0.2) is 0 Å². The molecule has 20 heavy (non-hydrogen) atoms. The van der Waals surface area contributed by atoms with Gasteiger partial charge in [0, 0.05) is 10.9 Å². The number of ether oxygens (including phenoxy) is 1. The Hall–Kier alpha value is -2.07. The van der Waals surface area contributed by atoms with Crippen molar-refractivity contribution in [3.8, 4) is 5.75 Å². The van der Waals surface area contributed by atoms with Gasteiger partial charge in [0.1, 0.15) is 5.75 Å². The third-order valence-electron chi connectivity index (χ3n) is 3.15. The maximum atomic E-state index is 12.5.